The van der Waals surface area contributed by atoms with Gasteiger partial charge in [0.15, 0.2) is 23.9 Å². The summed E-state index contributed by atoms with van der Waals surface area (Å²) in [7, 11) is 0. The van der Waals surface area contributed by atoms with Crippen molar-refractivity contribution in [2.24, 2.45) is 5.10 Å². The molecule has 9 heteroatoms. The van der Waals surface area contributed by atoms with E-state index in [0.717, 1.165) is 12.0 Å². The van der Waals surface area contributed by atoms with Crippen LogP contribution in [0, 0.1) is 6.92 Å². The van der Waals surface area contributed by atoms with E-state index >= 15 is 0 Å². The fraction of sp³-hybridized carbons (Fsp3) is 0.269. The zero-order valence-corrected chi connectivity index (χ0v) is 19.3. The van der Waals surface area contributed by atoms with Gasteiger partial charge in [-0.3, -0.25) is 9.59 Å². The number of aryl methyl sites for hydroxylation is 1. The number of rotatable bonds is 6. The summed E-state index contributed by atoms with van der Waals surface area (Å²) in [6.45, 7) is 2.63. The molecule has 9 nitrogen and oxygen atoms in total. The number of para-hydroxylation sites is 1. The van der Waals surface area contributed by atoms with E-state index in [1.54, 1.807) is 30.3 Å². The van der Waals surface area contributed by atoms with E-state index in [0.29, 0.717) is 66.0 Å². The highest BCUT2D eigenvalue weighted by Gasteiger charge is 2.28. The lowest BCUT2D eigenvalue weighted by Gasteiger charge is -2.18. The third-order valence-corrected chi connectivity index (χ3v) is 5.76. The van der Waals surface area contributed by atoms with Gasteiger partial charge in [0, 0.05) is 29.3 Å². The SMILES string of the molecule is Cc1c(C(=O)Nc2ccc3c(c2)OCCO3)oc2c1/C(=N/NC(=O)COc1ccccc1)CCC2. The number of benzene rings is 2. The number of hydrazone groups is 1. The number of amides is 2. The van der Waals surface area contributed by atoms with Crippen LogP contribution in [0.3, 0.4) is 0 Å². The summed E-state index contributed by atoms with van der Waals surface area (Å²) in [5.41, 5.74) is 5.26. The molecule has 2 aromatic carbocycles. The molecule has 0 radical (unpaired) electrons. The maximum atomic E-state index is 13.0. The van der Waals surface area contributed by atoms with Gasteiger partial charge in [-0.1, -0.05) is 18.2 Å². The first-order valence-corrected chi connectivity index (χ1v) is 11.5. The van der Waals surface area contributed by atoms with Crippen molar-refractivity contribution in [3.05, 3.63) is 71.2 Å². The van der Waals surface area contributed by atoms with Crippen LogP contribution in [0.1, 0.15) is 40.3 Å². The number of carbonyl (C=O) groups is 2. The van der Waals surface area contributed by atoms with Crippen molar-refractivity contribution in [1.29, 1.82) is 0 Å². The summed E-state index contributed by atoms with van der Waals surface area (Å²) in [6, 6.07) is 14.3. The minimum Gasteiger partial charge on any atom is -0.486 e. The van der Waals surface area contributed by atoms with Crippen LogP contribution >= 0.6 is 0 Å². The molecule has 0 unspecified atom stereocenters. The zero-order chi connectivity index (χ0) is 24.2. The third-order valence-electron chi connectivity index (χ3n) is 5.76. The average Bonchev–Trinajstić information content (AvgIpc) is 3.24. The van der Waals surface area contributed by atoms with Crippen LogP contribution < -0.4 is 25.0 Å². The van der Waals surface area contributed by atoms with Crippen LogP contribution in [-0.4, -0.2) is 37.3 Å². The molecule has 2 heterocycles. The van der Waals surface area contributed by atoms with Gasteiger partial charge in [0.1, 0.15) is 24.7 Å². The lowest BCUT2D eigenvalue weighted by molar-refractivity contribution is -0.123. The Bertz CT molecular complexity index is 1280. The first kappa shape index (κ1) is 22.5. The molecule has 35 heavy (non-hydrogen) atoms. The molecule has 0 fully saturated rings. The van der Waals surface area contributed by atoms with Crippen molar-refractivity contribution >= 4 is 23.2 Å². The van der Waals surface area contributed by atoms with Crippen LogP contribution in [-0.2, 0) is 11.2 Å². The molecule has 2 N–H and O–H groups in total. The molecule has 3 aromatic rings. The molecule has 0 saturated carbocycles. The van der Waals surface area contributed by atoms with Crippen LogP contribution in [0.2, 0.25) is 0 Å². The number of nitrogens with one attached hydrogen (secondary N) is 2. The van der Waals surface area contributed by atoms with Crippen LogP contribution in [0.4, 0.5) is 5.69 Å². The second-order valence-corrected chi connectivity index (χ2v) is 8.22. The first-order chi connectivity index (χ1) is 17.1. The molecule has 0 atom stereocenters. The van der Waals surface area contributed by atoms with Crippen molar-refractivity contribution in [2.75, 3.05) is 25.1 Å². The molecule has 5 rings (SSSR count). The Morgan fingerprint density at radius 2 is 1.83 bits per heavy atom. The van der Waals surface area contributed by atoms with Gasteiger partial charge in [-0.05, 0) is 44.0 Å². The predicted molar refractivity (Wildman–Crippen MR) is 128 cm³/mol. The second kappa shape index (κ2) is 9.92. The lowest BCUT2D eigenvalue weighted by atomic mass is 9.93. The Morgan fingerprint density at radius 3 is 2.66 bits per heavy atom. The molecule has 0 bridgehead atoms. The van der Waals surface area contributed by atoms with Crippen LogP contribution in [0.5, 0.6) is 17.2 Å². The van der Waals surface area contributed by atoms with Crippen molar-refractivity contribution in [3.63, 3.8) is 0 Å². The second-order valence-electron chi connectivity index (χ2n) is 8.22. The Labute approximate surface area is 202 Å². The molecule has 2 aliphatic rings. The smallest absolute Gasteiger partial charge is 0.291 e. The third kappa shape index (κ3) is 4.98. The molecular formula is C26H25N3O6. The largest absolute Gasteiger partial charge is 0.486 e. The number of carbonyl (C=O) groups excluding carboxylic acids is 2. The number of nitrogens with zero attached hydrogens (tertiary/aromatic N) is 1. The maximum absolute atomic E-state index is 13.0. The number of furan rings is 1. The average molecular weight is 476 g/mol. The van der Waals surface area contributed by atoms with E-state index in [1.807, 2.05) is 25.1 Å². The Morgan fingerprint density at radius 1 is 1.03 bits per heavy atom. The van der Waals surface area contributed by atoms with E-state index in [4.69, 9.17) is 18.6 Å². The zero-order valence-electron chi connectivity index (χ0n) is 19.3. The molecule has 0 saturated heterocycles. The standard InChI is InChI=1S/C26H25N3O6/c1-16-24-19(28-29-23(30)15-34-18-6-3-2-4-7-18)8-5-9-21(24)35-25(16)26(31)27-17-10-11-20-22(14-17)33-13-12-32-20/h2-4,6-7,10-11,14H,5,8-9,12-13,15H2,1H3,(H,27,31)(H,29,30)/b28-19+. The van der Waals surface area contributed by atoms with Gasteiger partial charge in [-0.25, -0.2) is 5.43 Å². The summed E-state index contributed by atoms with van der Waals surface area (Å²) in [4.78, 5) is 25.2. The van der Waals surface area contributed by atoms with Gasteiger partial charge in [0.2, 0.25) is 0 Å². The fourth-order valence-corrected chi connectivity index (χ4v) is 4.13. The summed E-state index contributed by atoms with van der Waals surface area (Å²) in [5.74, 6) is 2.02. The minimum atomic E-state index is -0.369. The monoisotopic (exact) mass is 475 g/mol. The quantitative estimate of drug-likeness (QED) is 0.524. The lowest BCUT2D eigenvalue weighted by Crippen LogP contribution is -2.27. The van der Waals surface area contributed by atoms with Crippen molar-refractivity contribution in [2.45, 2.75) is 26.2 Å². The van der Waals surface area contributed by atoms with Crippen LogP contribution in [0.25, 0.3) is 0 Å². The van der Waals surface area contributed by atoms with Crippen LogP contribution in [0.15, 0.2) is 58.0 Å². The first-order valence-electron chi connectivity index (χ1n) is 11.5. The molecular weight excluding hydrogens is 450 g/mol. The number of fused-ring (bicyclic) bond motifs is 2. The van der Waals surface area contributed by atoms with Crippen molar-refractivity contribution in [3.8, 4) is 17.2 Å². The van der Waals surface area contributed by atoms with E-state index in [-0.39, 0.29) is 24.2 Å². The van der Waals surface area contributed by atoms with Crippen molar-refractivity contribution < 1.29 is 28.2 Å². The minimum absolute atomic E-state index is 0.152. The van der Waals surface area contributed by atoms with Gasteiger partial charge in [-0.15, -0.1) is 0 Å². The van der Waals surface area contributed by atoms with E-state index in [2.05, 4.69) is 15.8 Å². The highest BCUT2D eigenvalue weighted by Crippen LogP contribution is 2.34. The number of ether oxygens (including phenoxy) is 3. The molecule has 1 aromatic heterocycles. The normalized spacial score (nSPS) is 15.3. The Balaban J connectivity index is 1.28. The van der Waals surface area contributed by atoms with E-state index in [1.165, 1.54) is 0 Å². The maximum Gasteiger partial charge on any atom is 0.291 e. The number of anilines is 1. The summed E-state index contributed by atoms with van der Waals surface area (Å²) < 4.78 is 22.5. The Kier molecular flexibility index (Phi) is 6.38. The highest BCUT2D eigenvalue weighted by atomic mass is 16.6. The molecule has 2 amide bonds. The van der Waals surface area contributed by atoms with Gasteiger partial charge in [0.25, 0.3) is 11.8 Å². The number of hydrogen-bond acceptors (Lipinski definition) is 7. The summed E-state index contributed by atoms with van der Waals surface area (Å²) >= 11 is 0. The summed E-state index contributed by atoms with van der Waals surface area (Å²) in [6.07, 6.45) is 2.16. The highest BCUT2D eigenvalue weighted by molar-refractivity contribution is 6.09. The topological polar surface area (TPSA) is 111 Å². The molecule has 0 spiro atoms. The van der Waals surface area contributed by atoms with Gasteiger partial charge in [0.05, 0.1) is 5.71 Å². The van der Waals surface area contributed by atoms with Gasteiger partial charge in [-0.2, -0.15) is 5.10 Å². The molecule has 1 aliphatic heterocycles. The molecule has 1 aliphatic carbocycles. The van der Waals surface area contributed by atoms with Crippen molar-refractivity contribution in [1.82, 2.24) is 5.43 Å². The van der Waals surface area contributed by atoms with Gasteiger partial charge < -0.3 is 23.9 Å². The Hall–Kier alpha value is -4.27. The molecule has 180 valence electrons. The number of hydrogen-bond donors (Lipinski definition) is 2. The fourth-order valence-electron chi connectivity index (χ4n) is 4.13. The van der Waals surface area contributed by atoms with E-state index in [9.17, 15) is 9.59 Å². The van der Waals surface area contributed by atoms with E-state index < -0.39 is 0 Å². The van der Waals surface area contributed by atoms with Gasteiger partial charge >= 0.3 is 0 Å². The predicted octanol–water partition coefficient (Wildman–Crippen LogP) is 3.85. The summed E-state index contributed by atoms with van der Waals surface area (Å²) in [5, 5.41) is 7.18.